The van der Waals surface area contributed by atoms with Crippen molar-refractivity contribution in [3.05, 3.63) is 107 Å². The molecule has 162 valence electrons. The molecule has 0 aliphatic rings. The highest BCUT2D eigenvalue weighted by atomic mass is 32.1. The molecule has 0 saturated heterocycles. The summed E-state index contributed by atoms with van der Waals surface area (Å²) >= 11 is 5.29. The van der Waals surface area contributed by atoms with Gasteiger partial charge in [-0.25, -0.2) is 5.10 Å². The first-order chi connectivity index (χ1) is 15.8. The van der Waals surface area contributed by atoms with Crippen LogP contribution in [0.2, 0.25) is 0 Å². The molecular formula is C25H24N4O2S. The first-order valence-corrected chi connectivity index (χ1v) is 10.8. The third-order valence-corrected chi connectivity index (χ3v) is 5.02. The van der Waals surface area contributed by atoms with Crippen LogP contribution in [-0.4, -0.2) is 27.7 Å². The maximum Gasteiger partial charge on any atom is 0.216 e. The first-order valence-electron chi connectivity index (χ1n) is 10.4. The van der Waals surface area contributed by atoms with Crippen LogP contribution in [0.4, 0.5) is 0 Å². The second-order valence-corrected chi connectivity index (χ2v) is 7.50. The predicted octanol–water partition coefficient (Wildman–Crippen LogP) is 5.41. The lowest BCUT2D eigenvalue weighted by Gasteiger charge is -2.07. The molecule has 1 heterocycles. The lowest BCUT2D eigenvalue weighted by molar-refractivity contribution is 0.290. The van der Waals surface area contributed by atoms with Crippen molar-refractivity contribution in [2.75, 3.05) is 6.61 Å². The van der Waals surface area contributed by atoms with Crippen LogP contribution in [0, 0.1) is 4.77 Å². The molecule has 0 spiro atoms. The summed E-state index contributed by atoms with van der Waals surface area (Å²) in [6.07, 6.45) is 3.71. The minimum absolute atomic E-state index is 0.254. The maximum atomic E-state index is 5.85. The Morgan fingerprint density at radius 2 is 1.56 bits per heavy atom. The number of aromatic nitrogens is 3. The van der Waals surface area contributed by atoms with E-state index in [4.69, 9.17) is 21.7 Å². The smallest absolute Gasteiger partial charge is 0.216 e. The Kier molecular flexibility index (Phi) is 7.44. The molecule has 0 amide bonds. The van der Waals surface area contributed by atoms with E-state index in [9.17, 15) is 0 Å². The van der Waals surface area contributed by atoms with Crippen LogP contribution >= 0.6 is 12.2 Å². The fourth-order valence-electron chi connectivity index (χ4n) is 3.09. The van der Waals surface area contributed by atoms with Crippen LogP contribution in [0.3, 0.4) is 0 Å². The van der Waals surface area contributed by atoms with Gasteiger partial charge in [-0.15, -0.1) is 0 Å². The molecule has 32 heavy (non-hydrogen) atoms. The Morgan fingerprint density at radius 3 is 2.31 bits per heavy atom. The van der Waals surface area contributed by atoms with Gasteiger partial charge in [0.15, 0.2) is 5.82 Å². The Hall–Kier alpha value is -3.71. The summed E-state index contributed by atoms with van der Waals surface area (Å²) in [5.74, 6) is 2.19. The van der Waals surface area contributed by atoms with Gasteiger partial charge in [-0.1, -0.05) is 48.5 Å². The number of nitrogens with zero attached hydrogens (tertiary/aromatic N) is 3. The van der Waals surface area contributed by atoms with Gasteiger partial charge >= 0.3 is 0 Å². The highest BCUT2D eigenvalue weighted by molar-refractivity contribution is 7.71. The molecule has 0 radical (unpaired) electrons. The van der Waals surface area contributed by atoms with Crippen LogP contribution in [-0.2, 0) is 13.0 Å². The average molecular weight is 445 g/mol. The predicted molar refractivity (Wildman–Crippen MR) is 128 cm³/mol. The SMILES string of the molecule is S=c1[nH]nc(COc2ccccc2)n1/N=C\c1ccc(OCCCc2ccccc2)cc1. The summed E-state index contributed by atoms with van der Waals surface area (Å²) in [7, 11) is 0. The number of nitrogens with one attached hydrogen (secondary N) is 1. The van der Waals surface area contributed by atoms with Crippen LogP contribution in [0.1, 0.15) is 23.4 Å². The maximum absolute atomic E-state index is 5.85. The van der Waals surface area contributed by atoms with Crippen LogP contribution in [0.25, 0.3) is 0 Å². The first kappa shape index (κ1) is 21.5. The zero-order valence-electron chi connectivity index (χ0n) is 17.6. The average Bonchev–Trinajstić information content (AvgIpc) is 3.20. The van der Waals surface area contributed by atoms with Gasteiger partial charge in [0.1, 0.15) is 18.1 Å². The molecule has 0 aliphatic heterocycles. The lowest BCUT2D eigenvalue weighted by Crippen LogP contribution is -2.04. The Morgan fingerprint density at radius 1 is 0.875 bits per heavy atom. The van der Waals surface area contributed by atoms with Crippen molar-refractivity contribution in [3.8, 4) is 11.5 Å². The minimum Gasteiger partial charge on any atom is -0.494 e. The van der Waals surface area contributed by atoms with Gasteiger partial charge < -0.3 is 9.47 Å². The third-order valence-electron chi connectivity index (χ3n) is 4.75. The van der Waals surface area contributed by atoms with Gasteiger partial charge in [-0.3, -0.25) is 0 Å². The molecule has 1 aromatic heterocycles. The molecule has 0 atom stereocenters. The molecule has 3 aromatic carbocycles. The van der Waals surface area contributed by atoms with Crippen molar-refractivity contribution in [2.24, 2.45) is 5.10 Å². The highest BCUT2D eigenvalue weighted by Crippen LogP contribution is 2.13. The lowest BCUT2D eigenvalue weighted by atomic mass is 10.1. The molecule has 0 bridgehead atoms. The molecule has 0 unspecified atom stereocenters. The minimum atomic E-state index is 0.254. The number of rotatable bonds is 10. The van der Waals surface area contributed by atoms with Gasteiger partial charge in [0, 0.05) is 0 Å². The Labute approximate surface area is 192 Å². The molecule has 7 heteroatoms. The largest absolute Gasteiger partial charge is 0.494 e. The quantitative estimate of drug-likeness (QED) is 0.202. The van der Waals surface area contributed by atoms with Crippen molar-refractivity contribution in [2.45, 2.75) is 19.4 Å². The van der Waals surface area contributed by atoms with Crippen molar-refractivity contribution in [1.82, 2.24) is 14.9 Å². The molecule has 1 N–H and O–H groups in total. The normalized spacial score (nSPS) is 11.0. The second-order valence-electron chi connectivity index (χ2n) is 7.11. The van der Waals surface area contributed by atoms with E-state index in [0.29, 0.717) is 17.2 Å². The monoisotopic (exact) mass is 444 g/mol. The van der Waals surface area contributed by atoms with Crippen molar-refractivity contribution in [3.63, 3.8) is 0 Å². The van der Waals surface area contributed by atoms with Gasteiger partial charge in [0.05, 0.1) is 12.8 Å². The molecule has 0 fully saturated rings. The Balaban J connectivity index is 1.30. The standard InChI is InChI=1S/C25H24N4O2S/c32-25-28-27-24(19-31-22-11-5-2-6-12-22)29(25)26-18-21-13-15-23(16-14-21)30-17-7-10-20-8-3-1-4-9-20/h1-6,8-9,11-16,18H,7,10,17,19H2,(H,28,32)/b26-18-. The summed E-state index contributed by atoms with van der Waals surface area (Å²) < 4.78 is 13.6. The molecule has 0 saturated carbocycles. The van der Waals surface area contributed by atoms with E-state index in [-0.39, 0.29) is 6.61 Å². The number of aromatic amines is 1. The molecule has 6 nitrogen and oxygen atoms in total. The van der Waals surface area contributed by atoms with Crippen LogP contribution < -0.4 is 9.47 Å². The highest BCUT2D eigenvalue weighted by Gasteiger charge is 2.06. The number of ether oxygens (including phenoxy) is 2. The van der Waals surface area contributed by atoms with E-state index in [2.05, 4.69) is 39.6 Å². The number of para-hydroxylation sites is 1. The van der Waals surface area contributed by atoms with E-state index in [0.717, 1.165) is 29.9 Å². The van der Waals surface area contributed by atoms with E-state index in [1.807, 2.05) is 60.7 Å². The zero-order valence-corrected chi connectivity index (χ0v) is 18.4. The van der Waals surface area contributed by atoms with Crippen molar-refractivity contribution >= 4 is 18.4 Å². The van der Waals surface area contributed by atoms with E-state index >= 15 is 0 Å². The summed E-state index contributed by atoms with van der Waals surface area (Å²) in [5.41, 5.74) is 2.26. The fraction of sp³-hybridized carbons (Fsp3) is 0.160. The van der Waals surface area contributed by atoms with E-state index in [1.165, 1.54) is 5.56 Å². The second kappa shape index (κ2) is 11.1. The summed E-state index contributed by atoms with van der Waals surface area (Å²) in [4.78, 5) is 0. The molecule has 4 rings (SSSR count). The topological polar surface area (TPSA) is 64.4 Å². The summed E-state index contributed by atoms with van der Waals surface area (Å²) in [5, 5.41) is 11.4. The molecule has 0 aliphatic carbocycles. The van der Waals surface area contributed by atoms with Gasteiger partial charge in [0.2, 0.25) is 4.77 Å². The number of benzene rings is 3. The van der Waals surface area contributed by atoms with Crippen molar-refractivity contribution < 1.29 is 9.47 Å². The third kappa shape index (κ3) is 6.15. The molecular weight excluding hydrogens is 420 g/mol. The van der Waals surface area contributed by atoms with Crippen LogP contribution in [0.15, 0.2) is 90.0 Å². The van der Waals surface area contributed by atoms with Crippen LogP contribution in [0.5, 0.6) is 11.5 Å². The van der Waals surface area contributed by atoms with E-state index in [1.54, 1.807) is 10.9 Å². The summed E-state index contributed by atoms with van der Waals surface area (Å²) in [6, 6.07) is 27.8. The zero-order chi connectivity index (χ0) is 22.0. The summed E-state index contributed by atoms with van der Waals surface area (Å²) in [6.45, 7) is 0.932. The molecule has 4 aromatic rings. The van der Waals surface area contributed by atoms with E-state index < -0.39 is 0 Å². The van der Waals surface area contributed by atoms with Gasteiger partial charge in [0.25, 0.3) is 0 Å². The van der Waals surface area contributed by atoms with Gasteiger partial charge in [-0.05, 0) is 72.6 Å². The number of H-pyrrole nitrogens is 1. The number of hydrogen-bond acceptors (Lipinski definition) is 5. The van der Waals surface area contributed by atoms with Crippen molar-refractivity contribution in [1.29, 1.82) is 0 Å². The number of aryl methyl sites for hydroxylation is 1. The van der Waals surface area contributed by atoms with Gasteiger partial charge in [-0.2, -0.15) is 14.9 Å². The fourth-order valence-corrected chi connectivity index (χ4v) is 3.29. The number of hydrogen-bond donors (Lipinski definition) is 1. The Bertz CT molecular complexity index is 1190.